The molecule has 2 amide bonds. The lowest BCUT2D eigenvalue weighted by molar-refractivity contribution is -0.161. The summed E-state index contributed by atoms with van der Waals surface area (Å²) in [6.45, 7) is 8.93. The predicted molar refractivity (Wildman–Crippen MR) is 83.8 cm³/mol. The van der Waals surface area contributed by atoms with Crippen LogP contribution in [-0.4, -0.2) is 34.8 Å². The molecule has 2 aliphatic rings. The number of hydrogen-bond acceptors (Lipinski definition) is 2. The summed E-state index contributed by atoms with van der Waals surface area (Å²) in [7, 11) is 0. The van der Waals surface area contributed by atoms with Gasteiger partial charge in [-0.3, -0.25) is 9.59 Å². The third-order valence-corrected chi connectivity index (χ3v) is 5.81. The van der Waals surface area contributed by atoms with Crippen LogP contribution >= 0.6 is 0 Å². The SMILES string of the molecule is CCC(C)C1NC(=O)C(CC)(CC)N(CC2CCC2)C1=O. The first kappa shape index (κ1) is 16.3. The maximum atomic E-state index is 13.0. The highest BCUT2D eigenvalue weighted by molar-refractivity contribution is 6.00. The van der Waals surface area contributed by atoms with Gasteiger partial charge >= 0.3 is 0 Å². The van der Waals surface area contributed by atoms with Crippen LogP contribution in [0.15, 0.2) is 0 Å². The molecular weight excluding hydrogens is 264 g/mol. The van der Waals surface area contributed by atoms with Crippen molar-refractivity contribution in [2.24, 2.45) is 11.8 Å². The Hall–Kier alpha value is -1.06. The molecule has 4 heteroatoms. The zero-order valence-electron chi connectivity index (χ0n) is 13.9. The van der Waals surface area contributed by atoms with E-state index in [0.717, 1.165) is 13.0 Å². The molecule has 2 atom stereocenters. The number of hydrogen-bond donors (Lipinski definition) is 1. The van der Waals surface area contributed by atoms with E-state index in [1.165, 1.54) is 19.3 Å². The van der Waals surface area contributed by atoms with E-state index in [2.05, 4.69) is 19.2 Å². The van der Waals surface area contributed by atoms with E-state index in [9.17, 15) is 9.59 Å². The summed E-state index contributed by atoms with van der Waals surface area (Å²) in [6, 6.07) is -0.339. The molecular formula is C17H30N2O2. The van der Waals surface area contributed by atoms with Crippen LogP contribution in [0.2, 0.25) is 0 Å². The Morgan fingerprint density at radius 3 is 2.29 bits per heavy atom. The zero-order chi connectivity index (χ0) is 15.6. The van der Waals surface area contributed by atoms with E-state index in [0.29, 0.717) is 18.8 Å². The van der Waals surface area contributed by atoms with Gasteiger partial charge in [0.25, 0.3) is 0 Å². The Kier molecular flexibility index (Phi) is 4.95. The summed E-state index contributed by atoms with van der Waals surface area (Å²) in [5.41, 5.74) is -0.628. The van der Waals surface area contributed by atoms with Crippen LogP contribution < -0.4 is 5.32 Å². The molecule has 0 radical (unpaired) electrons. The first-order valence-corrected chi connectivity index (χ1v) is 8.62. The quantitative estimate of drug-likeness (QED) is 0.819. The average molecular weight is 294 g/mol. The fraction of sp³-hybridized carbons (Fsp3) is 0.882. The van der Waals surface area contributed by atoms with Gasteiger partial charge in [0.15, 0.2) is 0 Å². The Labute approximate surface area is 128 Å². The van der Waals surface area contributed by atoms with Gasteiger partial charge in [-0.2, -0.15) is 0 Å². The summed E-state index contributed by atoms with van der Waals surface area (Å²) >= 11 is 0. The molecule has 0 aromatic heterocycles. The Morgan fingerprint density at radius 2 is 1.86 bits per heavy atom. The topological polar surface area (TPSA) is 49.4 Å². The summed E-state index contributed by atoms with van der Waals surface area (Å²) in [6.07, 6.45) is 5.95. The number of nitrogens with one attached hydrogen (secondary N) is 1. The fourth-order valence-corrected chi connectivity index (χ4v) is 3.61. The van der Waals surface area contributed by atoms with Gasteiger partial charge in [0.05, 0.1) is 0 Å². The molecule has 0 aromatic rings. The third-order valence-electron chi connectivity index (χ3n) is 5.81. The minimum Gasteiger partial charge on any atom is -0.342 e. The van der Waals surface area contributed by atoms with Gasteiger partial charge in [-0.25, -0.2) is 0 Å². The Balaban J connectivity index is 2.28. The molecule has 0 spiro atoms. The molecule has 2 rings (SSSR count). The van der Waals surface area contributed by atoms with E-state index in [1.807, 2.05) is 18.7 Å². The first-order chi connectivity index (χ1) is 10.00. The molecule has 1 saturated carbocycles. The monoisotopic (exact) mass is 294 g/mol. The fourth-order valence-electron chi connectivity index (χ4n) is 3.61. The molecule has 1 N–H and O–H groups in total. The summed E-state index contributed by atoms with van der Waals surface area (Å²) in [4.78, 5) is 27.7. The Morgan fingerprint density at radius 1 is 1.24 bits per heavy atom. The van der Waals surface area contributed by atoms with Crippen molar-refractivity contribution < 1.29 is 9.59 Å². The van der Waals surface area contributed by atoms with Gasteiger partial charge in [0.1, 0.15) is 11.6 Å². The number of nitrogens with zero attached hydrogens (tertiary/aromatic N) is 1. The molecule has 4 nitrogen and oxygen atoms in total. The van der Waals surface area contributed by atoms with Crippen LogP contribution in [0.25, 0.3) is 0 Å². The zero-order valence-corrected chi connectivity index (χ0v) is 13.9. The molecule has 1 aliphatic heterocycles. The molecule has 120 valence electrons. The van der Waals surface area contributed by atoms with Crippen molar-refractivity contribution in [3.05, 3.63) is 0 Å². The molecule has 2 unspecified atom stereocenters. The van der Waals surface area contributed by atoms with Gasteiger partial charge in [0, 0.05) is 6.54 Å². The predicted octanol–water partition coefficient (Wildman–Crippen LogP) is 2.72. The minimum absolute atomic E-state index is 0.0525. The van der Waals surface area contributed by atoms with E-state index in [4.69, 9.17) is 0 Å². The molecule has 2 fully saturated rings. The first-order valence-electron chi connectivity index (χ1n) is 8.62. The highest BCUT2D eigenvalue weighted by Crippen LogP contribution is 2.35. The van der Waals surface area contributed by atoms with Crippen LogP contribution in [0, 0.1) is 11.8 Å². The molecule has 0 aromatic carbocycles. The van der Waals surface area contributed by atoms with Crippen LogP contribution in [0.5, 0.6) is 0 Å². The van der Waals surface area contributed by atoms with Crippen LogP contribution in [-0.2, 0) is 9.59 Å². The van der Waals surface area contributed by atoms with Gasteiger partial charge in [-0.15, -0.1) is 0 Å². The number of amides is 2. The smallest absolute Gasteiger partial charge is 0.246 e. The second kappa shape index (κ2) is 6.37. The number of carbonyl (C=O) groups is 2. The van der Waals surface area contributed by atoms with Crippen LogP contribution in [0.3, 0.4) is 0 Å². The van der Waals surface area contributed by atoms with Crippen molar-refractivity contribution >= 4 is 11.8 Å². The lowest BCUT2D eigenvalue weighted by Gasteiger charge is -2.50. The molecule has 1 heterocycles. The van der Waals surface area contributed by atoms with Crippen molar-refractivity contribution in [1.29, 1.82) is 0 Å². The molecule has 0 bridgehead atoms. The minimum atomic E-state index is -0.628. The van der Waals surface area contributed by atoms with E-state index in [1.54, 1.807) is 0 Å². The van der Waals surface area contributed by atoms with Gasteiger partial charge in [-0.1, -0.05) is 40.5 Å². The third kappa shape index (κ3) is 2.69. The summed E-state index contributed by atoms with van der Waals surface area (Å²) < 4.78 is 0. The van der Waals surface area contributed by atoms with Crippen molar-refractivity contribution in [1.82, 2.24) is 10.2 Å². The highest BCUT2D eigenvalue weighted by atomic mass is 16.2. The van der Waals surface area contributed by atoms with E-state index in [-0.39, 0.29) is 23.8 Å². The van der Waals surface area contributed by atoms with Gasteiger partial charge < -0.3 is 10.2 Å². The molecule has 21 heavy (non-hydrogen) atoms. The average Bonchev–Trinajstić information content (AvgIpc) is 2.45. The van der Waals surface area contributed by atoms with Crippen molar-refractivity contribution in [2.45, 2.75) is 77.8 Å². The highest BCUT2D eigenvalue weighted by Gasteiger charge is 2.51. The maximum Gasteiger partial charge on any atom is 0.246 e. The van der Waals surface area contributed by atoms with Crippen LogP contribution in [0.4, 0.5) is 0 Å². The standard InChI is InChI=1S/C17H30N2O2/c1-5-12(4)14-15(20)19(11-13-9-8-10-13)17(6-2,7-3)16(21)18-14/h12-14H,5-11H2,1-4H3,(H,18,21). The van der Waals surface area contributed by atoms with Crippen LogP contribution in [0.1, 0.15) is 66.2 Å². The van der Waals surface area contributed by atoms with Crippen molar-refractivity contribution in [2.75, 3.05) is 6.54 Å². The number of rotatable bonds is 6. The molecule has 1 saturated heterocycles. The maximum absolute atomic E-state index is 13.0. The Bertz CT molecular complexity index is 400. The van der Waals surface area contributed by atoms with Crippen molar-refractivity contribution in [3.8, 4) is 0 Å². The number of piperazine rings is 1. The largest absolute Gasteiger partial charge is 0.342 e. The summed E-state index contributed by atoms with van der Waals surface area (Å²) in [5.74, 6) is 0.975. The summed E-state index contributed by atoms with van der Waals surface area (Å²) in [5, 5.41) is 3.02. The molecule has 1 aliphatic carbocycles. The van der Waals surface area contributed by atoms with Gasteiger partial charge in [-0.05, 0) is 37.5 Å². The van der Waals surface area contributed by atoms with E-state index >= 15 is 0 Å². The lowest BCUT2D eigenvalue weighted by Crippen LogP contribution is -2.72. The van der Waals surface area contributed by atoms with Gasteiger partial charge in [0.2, 0.25) is 11.8 Å². The lowest BCUT2D eigenvalue weighted by atomic mass is 9.79. The van der Waals surface area contributed by atoms with E-state index < -0.39 is 5.54 Å². The normalized spacial score (nSPS) is 27.2. The second-order valence-electron chi connectivity index (χ2n) is 6.82. The van der Waals surface area contributed by atoms with Crippen molar-refractivity contribution in [3.63, 3.8) is 0 Å². The number of carbonyl (C=O) groups excluding carboxylic acids is 2. The second-order valence-corrected chi connectivity index (χ2v) is 6.82.